The quantitative estimate of drug-likeness (QED) is 0.346. The van der Waals surface area contributed by atoms with Gasteiger partial charge in [-0.25, -0.2) is 19.3 Å². The Balaban J connectivity index is 1.08. The van der Waals surface area contributed by atoms with Crippen LogP contribution in [-0.2, 0) is 0 Å². The van der Waals surface area contributed by atoms with E-state index in [-0.39, 0.29) is 0 Å². The minimum absolute atomic E-state index is 0.294. The molecule has 0 unspecified atom stereocenters. The van der Waals surface area contributed by atoms with Crippen molar-refractivity contribution in [3.8, 4) is 10.6 Å². The lowest BCUT2D eigenvalue weighted by molar-refractivity contribution is -0.0178. The smallest absolute Gasteiger partial charge is 0.229 e. The van der Waals surface area contributed by atoms with Crippen LogP contribution >= 0.6 is 11.3 Å². The van der Waals surface area contributed by atoms with E-state index >= 15 is 0 Å². The molecule has 4 aromatic rings. The highest BCUT2D eigenvalue weighted by molar-refractivity contribution is 7.22. The monoisotopic (exact) mass is 515 g/mol. The zero-order valence-electron chi connectivity index (χ0n) is 21.0. The molecule has 7 rings (SSSR count). The number of hydrogen-bond acceptors (Lipinski definition) is 8. The number of fused-ring (bicyclic) bond motifs is 1. The number of anilines is 3. The molecule has 0 bridgehead atoms. The van der Waals surface area contributed by atoms with Crippen molar-refractivity contribution in [3.63, 3.8) is 0 Å². The van der Waals surface area contributed by atoms with Crippen molar-refractivity contribution < 1.29 is 4.39 Å². The number of likely N-dealkylation sites (tertiary alicyclic amines) is 1. The molecule has 37 heavy (non-hydrogen) atoms. The molecule has 4 aromatic heterocycles. The predicted octanol–water partition coefficient (Wildman–Crippen LogP) is 5.83. The second-order valence-electron chi connectivity index (χ2n) is 10.8. The first-order chi connectivity index (χ1) is 18.1. The fourth-order valence-corrected chi connectivity index (χ4v) is 7.47. The predicted molar refractivity (Wildman–Crippen MR) is 146 cm³/mol. The van der Waals surface area contributed by atoms with Crippen LogP contribution in [0.4, 0.5) is 21.8 Å². The number of halogens is 1. The van der Waals surface area contributed by atoms with E-state index in [1.807, 2.05) is 24.5 Å². The SMILES string of the molecule is CCN1CC2(C1)CN(c1ccc(Nc3ncc(F)c(-c4cc5nccc(C6CCCC6)c5s4)n3)nc1)C2. The summed E-state index contributed by atoms with van der Waals surface area (Å²) in [6.07, 6.45) is 9.96. The third-order valence-corrected chi connectivity index (χ3v) is 9.37. The summed E-state index contributed by atoms with van der Waals surface area (Å²) in [4.78, 5) is 23.5. The van der Waals surface area contributed by atoms with E-state index in [0.717, 1.165) is 40.4 Å². The van der Waals surface area contributed by atoms with Crippen molar-refractivity contribution in [1.82, 2.24) is 24.8 Å². The van der Waals surface area contributed by atoms with Crippen LogP contribution < -0.4 is 10.2 Å². The van der Waals surface area contributed by atoms with Gasteiger partial charge in [-0.15, -0.1) is 11.3 Å². The van der Waals surface area contributed by atoms with Crippen molar-refractivity contribution in [3.05, 3.63) is 54.2 Å². The molecular formula is C28H30FN7S. The Bertz CT molecular complexity index is 1430. The molecule has 0 amide bonds. The first-order valence-corrected chi connectivity index (χ1v) is 14.0. The van der Waals surface area contributed by atoms with Crippen LogP contribution in [0.15, 0.2) is 42.9 Å². The summed E-state index contributed by atoms with van der Waals surface area (Å²) in [5.41, 5.74) is 4.14. The summed E-state index contributed by atoms with van der Waals surface area (Å²) in [7, 11) is 0. The molecule has 7 nitrogen and oxygen atoms in total. The number of nitrogens with one attached hydrogen (secondary N) is 1. The Hall–Kier alpha value is -3.17. The van der Waals surface area contributed by atoms with Crippen molar-refractivity contribution >= 4 is 39.0 Å². The molecule has 190 valence electrons. The number of nitrogens with zero attached hydrogens (tertiary/aromatic N) is 6. The summed E-state index contributed by atoms with van der Waals surface area (Å²) in [5.74, 6) is 1.10. The van der Waals surface area contributed by atoms with Gasteiger partial charge in [-0.2, -0.15) is 0 Å². The minimum atomic E-state index is -0.438. The van der Waals surface area contributed by atoms with Gasteiger partial charge in [-0.1, -0.05) is 19.8 Å². The summed E-state index contributed by atoms with van der Waals surface area (Å²) < 4.78 is 16.0. The Morgan fingerprint density at radius 3 is 2.65 bits per heavy atom. The minimum Gasteiger partial charge on any atom is -0.369 e. The van der Waals surface area contributed by atoms with Gasteiger partial charge in [0.05, 0.1) is 33.2 Å². The largest absolute Gasteiger partial charge is 0.369 e. The highest BCUT2D eigenvalue weighted by atomic mass is 32.1. The molecule has 0 atom stereocenters. The zero-order valence-corrected chi connectivity index (χ0v) is 21.8. The van der Waals surface area contributed by atoms with Crippen molar-refractivity contribution in [2.45, 2.75) is 38.5 Å². The molecule has 1 spiro atoms. The molecule has 6 heterocycles. The lowest BCUT2D eigenvalue weighted by Gasteiger charge is -2.61. The molecule has 1 saturated carbocycles. The first-order valence-electron chi connectivity index (χ1n) is 13.2. The summed E-state index contributed by atoms with van der Waals surface area (Å²) >= 11 is 1.57. The Morgan fingerprint density at radius 2 is 1.89 bits per heavy atom. The van der Waals surface area contributed by atoms with Crippen LogP contribution in [0.5, 0.6) is 0 Å². The van der Waals surface area contributed by atoms with E-state index in [4.69, 9.17) is 0 Å². The van der Waals surface area contributed by atoms with Crippen LogP contribution in [0.3, 0.4) is 0 Å². The number of hydrogen-bond donors (Lipinski definition) is 1. The van der Waals surface area contributed by atoms with Gasteiger partial charge in [0.2, 0.25) is 5.95 Å². The topological polar surface area (TPSA) is 70.1 Å². The molecule has 9 heteroatoms. The highest BCUT2D eigenvalue weighted by Gasteiger charge is 2.51. The normalized spacial score (nSPS) is 19.4. The number of thiophene rings is 1. The standard InChI is InChI=1S/C28H30FN7S/c1-2-35-14-28(15-35)16-36(17-28)19-7-8-24(31-12-19)33-27-32-13-21(29)25(34-27)23-11-22-26(37-23)20(9-10-30-22)18-5-3-4-6-18/h7-13,18H,2-6,14-17H2,1H3,(H,31,32,33,34). The molecule has 3 aliphatic rings. The molecule has 1 N–H and O–H groups in total. The van der Waals surface area contributed by atoms with Gasteiger partial charge in [0.1, 0.15) is 11.5 Å². The van der Waals surface area contributed by atoms with Crippen LogP contribution in [0.25, 0.3) is 20.8 Å². The van der Waals surface area contributed by atoms with Gasteiger partial charge in [0, 0.05) is 37.8 Å². The van der Waals surface area contributed by atoms with E-state index in [1.165, 1.54) is 50.5 Å². The Morgan fingerprint density at radius 1 is 1.05 bits per heavy atom. The van der Waals surface area contributed by atoms with Crippen LogP contribution in [0.1, 0.15) is 44.1 Å². The number of pyridine rings is 2. The Labute approximate surface area is 219 Å². The summed E-state index contributed by atoms with van der Waals surface area (Å²) in [6, 6.07) is 8.08. The van der Waals surface area contributed by atoms with Gasteiger partial charge < -0.3 is 15.1 Å². The maximum absolute atomic E-state index is 14.9. The van der Waals surface area contributed by atoms with E-state index < -0.39 is 5.82 Å². The summed E-state index contributed by atoms with van der Waals surface area (Å²) in [6.45, 7) is 7.95. The average Bonchev–Trinajstić information content (AvgIpc) is 3.55. The number of rotatable bonds is 6. The third kappa shape index (κ3) is 4.14. The van der Waals surface area contributed by atoms with Crippen molar-refractivity contribution in [1.29, 1.82) is 0 Å². The van der Waals surface area contributed by atoms with Gasteiger partial charge in [-0.3, -0.25) is 4.98 Å². The van der Waals surface area contributed by atoms with Gasteiger partial charge in [-0.05, 0) is 55.1 Å². The van der Waals surface area contributed by atoms with Gasteiger partial charge in [0.25, 0.3) is 0 Å². The maximum Gasteiger partial charge on any atom is 0.229 e. The van der Waals surface area contributed by atoms with Crippen molar-refractivity contribution in [2.24, 2.45) is 5.41 Å². The number of aromatic nitrogens is 4. The second-order valence-corrected chi connectivity index (χ2v) is 11.8. The zero-order chi connectivity index (χ0) is 25.0. The van der Waals surface area contributed by atoms with Crippen molar-refractivity contribution in [2.75, 3.05) is 42.9 Å². The molecule has 2 saturated heterocycles. The highest BCUT2D eigenvalue weighted by Crippen LogP contribution is 2.43. The lowest BCUT2D eigenvalue weighted by atomic mass is 9.72. The molecule has 1 aliphatic carbocycles. The first kappa shape index (κ1) is 23.0. The fraction of sp³-hybridized carbons (Fsp3) is 0.429. The maximum atomic E-state index is 14.9. The third-order valence-electron chi connectivity index (χ3n) is 8.19. The molecular weight excluding hydrogens is 485 g/mol. The average molecular weight is 516 g/mol. The van der Waals surface area contributed by atoms with E-state index in [1.54, 1.807) is 11.3 Å². The summed E-state index contributed by atoms with van der Waals surface area (Å²) in [5, 5.41) is 3.15. The molecule has 0 aromatic carbocycles. The molecule has 2 aliphatic heterocycles. The molecule has 3 fully saturated rings. The fourth-order valence-electron chi connectivity index (χ4n) is 6.27. The van der Waals surface area contributed by atoms with Crippen LogP contribution in [0.2, 0.25) is 0 Å². The van der Waals surface area contributed by atoms with Gasteiger partial charge in [0.15, 0.2) is 5.82 Å². The van der Waals surface area contributed by atoms with E-state index in [9.17, 15) is 4.39 Å². The Kier molecular flexibility index (Phi) is 5.58. The van der Waals surface area contributed by atoms with Crippen LogP contribution in [-0.4, -0.2) is 57.6 Å². The van der Waals surface area contributed by atoms with Gasteiger partial charge >= 0.3 is 0 Å². The lowest BCUT2D eigenvalue weighted by Crippen LogP contribution is -2.72. The van der Waals surface area contributed by atoms with E-state index in [0.29, 0.717) is 28.8 Å². The van der Waals surface area contributed by atoms with Crippen LogP contribution in [0, 0.1) is 11.2 Å². The molecule has 0 radical (unpaired) electrons. The second kappa shape index (κ2) is 8.99. The van der Waals surface area contributed by atoms with E-state index in [2.05, 4.69) is 54.1 Å².